The quantitative estimate of drug-likeness (QED) is 0.306. The van der Waals surface area contributed by atoms with E-state index in [1.54, 1.807) is 12.3 Å². The van der Waals surface area contributed by atoms with Crippen molar-refractivity contribution in [2.24, 2.45) is 16.6 Å². The van der Waals surface area contributed by atoms with E-state index in [9.17, 15) is 4.79 Å². The molecule has 1 fully saturated rings. The summed E-state index contributed by atoms with van der Waals surface area (Å²) in [6.07, 6.45) is 3.12. The van der Waals surface area contributed by atoms with Gasteiger partial charge in [-0.25, -0.2) is 0 Å². The zero-order chi connectivity index (χ0) is 17.2. The van der Waals surface area contributed by atoms with Gasteiger partial charge in [0.15, 0.2) is 0 Å². The number of amidine groups is 1. The number of allylic oxidation sites excluding steroid dienone is 1. The van der Waals surface area contributed by atoms with Crippen molar-refractivity contribution in [1.82, 2.24) is 4.98 Å². The molecule has 2 heterocycles. The molecule has 130 valence electrons. The maximum atomic E-state index is 11.5. The molecule has 2 aliphatic rings. The summed E-state index contributed by atoms with van der Waals surface area (Å²) in [6, 6.07) is 13.7. The molecule has 1 aliphatic carbocycles. The normalized spacial score (nSPS) is 26.5. The number of nitrogens with zero attached hydrogens (tertiary/aromatic N) is 1. The standard InChI is InChI=1S/C19H18I2N3O/c22-19-21-16-8-14(16)9-20-10-15(13-6-7-17(25)23-11-13)18(24-19)12-4-2-1-3-5-12/h1-7,10-11,14,16H,8-9H2,(H2,22,24)(H,23,25)/q-1/b18-15+. The Bertz CT molecular complexity index is 911. The molecule has 4 nitrogen and oxygen atoms in total. The van der Waals surface area contributed by atoms with Crippen LogP contribution in [0.1, 0.15) is 17.5 Å². The molecule has 2 aromatic rings. The molecule has 4 rings (SSSR count). The summed E-state index contributed by atoms with van der Waals surface area (Å²) in [4.78, 5) is 19.1. The molecule has 0 bridgehead atoms. The number of pyridine rings is 1. The molecule has 2 atom stereocenters. The van der Waals surface area contributed by atoms with E-state index in [0.29, 0.717) is 0 Å². The van der Waals surface area contributed by atoms with Gasteiger partial charge < -0.3 is 0 Å². The number of alkyl halides is 2. The topological polar surface area (TPSA) is 71.2 Å². The van der Waals surface area contributed by atoms with Crippen molar-refractivity contribution in [2.45, 2.75) is 10.3 Å². The van der Waals surface area contributed by atoms with Gasteiger partial charge in [0.1, 0.15) is 0 Å². The van der Waals surface area contributed by atoms with Crippen molar-refractivity contribution in [3.05, 3.63) is 70.1 Å². The van der Waals surface area contributed by atoms with Crippen molar-refractivity contribution < 1.29 is 21.2 Å². The molecule has 2 unspecified atom stereocenters. The Hall–Kier alpha value is -1.29. The average molecular weight is 558 g/mol. The SMILES string of the molecule is NC1=N/C(c2ccccc2)=C(/c2ccc(=O)[nH]c2)C=ICC2CC2[I-]1. The van der Waals surface area contributed by atoms with Crippen molar-refractivity contribution in [3.8, 4) is 0 Å². The van der Waals surface area contributed by atoms with E-state index in [-0.39, 0.29) is 47.5 Å². The summed E-state index contributed by atoms with van der Waals surface area (Å²) in [5, 5.41) is 0. The molecule has 0 amide bonds. The molecule has 6 heteroatoms. The number of H-pyrrole nitrogens is 1. The van der Waals surface area contributed by atoms with E-state index in [0.717, 1.165) is 36.1 Å². The number of aliphatic imine (C=N–C) groups is 1. The molecule has 1 aliphatic heterocycles. The molecule has 25 heavy (non-hydrogen) atoms. The van der Waals surface area contributed by atoms with Gasteiger partial charge in [-0.05, 0) is 0 Å². The van der Waals surface area contributed by atoms with Gasteiger partial charge in [0.2, 0.25) is 0 Å². The number of nitrogens with one attached hydrogen (secondary N) is 1. The molecule has 0 spiro atoms. The predicted octanol–water partition coefficient (Wildman–Crippen LogP) is -0.178. The fourth-order valence-electron chi connectivity index (χ4n) is 2.72. The summed E-state index contributed by atoms with van der Waals surface area (Å²) in [7, 11) is 0. The third-order valence-electron chi connectivity index (χ3n) is 4.18. The van der Waals surface area contributed by atoms with Gasteiger partial charge in [-0.2, -0.15) is 0 Å². The van der Waals surface area contributed by atoms with E-state index in [1.807, 2.05) is 24.3 Å². The monoisotopic (exact) mass is 558 g/mol. The number of halogens is 2. The Morgan fingerprint density at radius 3 is 2.76 bits per heavy atom. The van der Waals surface area contributed by atoms with Crippen LogP contribution in [0.25, 0.3) is 11.3 Å². The Balaban J connectivity index is 1.91. The zero-order valence-electron chi connectivity index (χ0n) is 13.5. The first-order valence-corrected chi connectivity index (χ1v) is 13.2. The van der Waals surface area contributed by atoms with E-state index >= 15 is 0 Å². The third kappa shape index (κ3) is 4.11. The molecule has 1 saturated carbocycles. The summed E-state index contributed by atoms with van der Waals surface area (Å²) in [6.45, 7) is 0. The first kappa shape index (κ1) is 17.1. The molecule has 0 radical (unpaired) electrons. The number of aromatic amines is 1. The van der Waals surface area contributed by atoms with Gasteiger partial charge in [-0.1, -0.05) is 0 Å². The minimum atomic E-state index is -0.186. The Morgan fingerprint density at radius 1 is 1.16 bits per heavy atom. The maximum absolute atomic E-state index is 11.5. The van der Waals surface area contributed by atoms with Crippen LogP contribution in [0.3, 0.4) is 0 Å². The van der Waals surface area contributed by atoms with Crippen LogP contribution in [0, 0.1) is 5.92 Å². The van der Waals surface area contributed by atoms with Gasteiger partial charge in [-0.15, -0.1) is 0 Å². The Labute approximate surface area is 166 Å². The van der Waals surface area contributed by atoms with E-state index in [2.05, 4.69) is 21.1 Å². The first-order valence-electron chi connectivity index (χ1n) is 8.08. The van der Waals surface area contributed by atoms with Gasteiger partial charge in [-0.3, -0.25) is 0 Å². The molecule has 1 aromatic carbocycles. The summed E-state index contributed by atoms with van der Waals surface area (Å²) in [5.74, 6) is 0.876. The molecular formula is C19H18I2N3O-. The molecular weight excluding hydrogens is 540 g/mol. The van der Waals surface area contributed by atoms with Crippen molar-refractivity contribution in [1.29, 1.82) is 0 Å². The third-order valence-corrected chi connectivity index (χ3v) is 10.1. The van der Waals surface area contributed by atoms with Gasteiger partial charge in [0, 0.05) is 0 Å². The van der Waals surface area contributed by atoms with Crippen LogP contribution in [0.2, 0.25) is 0 Å². The molecule has 1 aromatic heterocycles. The second-order valence-corrected chi connectivity index (χ2v) is 11.8. The summed E-state index contributed by atoms with van der Waals surface area (Å²) in [5.41, 5.74) is 10.4. The average Bonchev–Trinajstić information content (AvgIpc) is 3.36. The Morgan fingerprint density at radius 2 is 2.00 bits per heavy atom. The fraction of sp³-hybridized carbons (Fsp3) is 0.211. The summed E-state index contributed by atoms with van der Waals surface area (Å²) >= 11 is -0.220. The van der Waals surface area contributed by atoms with Crippen LogP contribution in [-0.4, -0.2) is 21.2 Å². The van der Waals surface area contributed by atoms with Gasteiger partial charge in [0.25, 0.3) is 0 Å². The van der Waals surface area contributed by atoms with Crippen molar-refractivity contribution in [3.63, 3.8) is 0 Å². The van der Waals surface area contributed by atoms with E-state index < -0.39 is 0 Å². The van der Waals surface area contributed by atoms with Gasteiger partial charge >= 0.3 is 168 Å². The van der Waals surface area contributed by atoms with Gasteiger partial charge in [0.05, 0.1) is 0 Å². The zero-order valence-corrected chi connectivity index (χ0v) is 17.8. The second-order valence-electron chi connectivity index (χ2n) is 6.04. The van der Waals surface area contributed by atoms with Crippen LogP contribution in [0.15, 0.2) is 58.4 Å². The number of hydrogen-bond donors (Lipinski definition) is 2. The van der Waals surface area contributed by atoms with Crippen molar-refractivity contribution >= 4 is 39.9 Å². The number of benzene rings is 1. The van der Waals surface area contributed by atoms with E-state index in [1.165, 1.54) is 10.8 Å². The van der Waals surface area contributed by atoms with Crippen LogP contribution >= 0.6 is 20.7 Å². The number of fused-ring (bicyclic) bond motifs is 1. The number of aromatic nitrogens is 1. The van der Waals surface area contributed by atoms with Crippen LogP contribution in [-0.2, 0) is 0 Å². The van der Waals surface area contributed by atoms with Crippen molar-refractivity contribution in [2.75, 3.05) is 4.43 Å². The predicted molar refractivity (Wildman–Crippen MR) is 109 cm³/mol. The summed E-state index contributed by atoms with van der Waals surface area (Å²) < 4.78 is 5.35. The molecule has 3 N–H and O–H groups in total. The van der Waals surface area contributed by atoms with E-state index in [4.69, 9.17) is 10.7 Å². The Kier molecular flexibility index (Phi) is 5.16. The van der Waals surface area contributed by atoms with Crippen LogP contribution < -0.4 is 32.5 Å². The van der Waals surface area contributed by atoms with Crippen LogP contribution in [0.4, 0.5) is 0 Å². The number of rotatable bonds is 2. The fourth-order valence-corrected chi connectivity index (χ4v) is 9.54. The second kappa shape index (κ2) is 7.53. The first-order chi connectivity index (χ1) is 12.2. The molecule has 0 saturated heterocycles. The number of hydrogen-bond acceptors (Lipinski definition) is 3. The number of nitrogens with two attached hydrogens (primary N) is 1. The minimum absolute atomic E-state index is 0.0337. The van der Waals surface area contributed by atoms with Crippen LogP contribution in [0.5, 0.6) is 0 Å².